The van der Waals surface area contributed by atoms with Gasteiger partial charge >= 0.3 is 0 Å². The summed E-state index contributed by atoms with van der Waals surface area (Å²) >= 11 is 1.72. The van der Waals surface area contributed by atoms with Crippen molar-refractivity contribution in [2.75, 3.05) is 39.4 Å². The normalized spacial score (nSPS) is 17.6. The van der Waals surface area contributed by atoms with Crippen molar-refractivity contribution < 1.29 is 14.6 Å². The molecule has 1 aromatic rings. The van der Waals surface area contributed by atoms with E-state index in [0.717, 1.165) is 39.1 Å². The summed E-state index contributed by atoms with van der Waals surface area (Å²) in [5.41, 5.74) is 0. The standard InChI is InChI=1S/C15H24N2O3S/c18-13(12-17-6-8-20-9-7-17)11-16-15(19)5-1-3-14-4-2-10-21-14/h2,4,10,13,18H,1,3,5-9,11-12H2,(H,16,19). The molecule has 2 N–H and O–H groups in total. The number of aliphatic hydroxyl groups is 1. The average Bonchev–Trinajstić information content (AvgIpc) is 2.99. The van der Waals surface area contributed by atoms with Crippen molar-refractivity contribution in [3.8, 4) is 0 Å². The Morgan fingerprint density at radius 3 is 3.00 bits per heavy atom. The summed E-state index contributed by atoms with van der Waals surface area (Å²) in [5, 5.41) is 14.8. The molecule has 1 saturated heterocycles. The molecule has 0 aromatic carbocycles. The first kappa shape index (κ1) is 16.4. The number of nitrogens with zero attached hydrogens (tertiary/aromatic N) is 1. The van der Waals surface area contributed by atoms with Gasteiger partial charge in [-0.2, -0.15) is 0 Å². The first-order chi connectivity index (χ1) is 10.2. The molecule has 1 aliphatic heterocycles. The second kappa shape index (κ2) is 9.15. The van der Waals surface area contributed by atoms with E-state index in [2.05, 4.69) is 21.7 Å². The lowest BCUT2D eigenvalue weighted by Gasteiger charge is -2.28. The third-order valence-electron chi connectivity index (χ3n) is 3.51. The van der Waals surface area contributed by atoms with Crippen LogP contribution in [0.25, 0.3) is 0 Å². The molecule has 1 amide bonds. The molecule has 0 aliphatic carbocycles. The third kappa shape index (κ3) is 6.56. The first-order valence-electron chi connectivity index (χ1n) is 7.51. The van der Waals surface area contributed by atoms with Gasteiger partial charge in [-0.25, -0.2) is 0 Å². The Morgan fingerprint density at radius 1 is 1.48 bits per heavy atom. The second-order valence-corrected chi connectivity index (χ2v) is 6.34. The fourth-order valence-electron chi connectivity index (χ4n) is 2.34. The Kier molecular flexibility index (Phi) is 7.15. The van der Waals surface area contributed by atoms with E-state index in [1.54, 1.807) is 11.3 Å². The molecule has 1 aromatic heterocycles. The van der Waals surface area contributed by atoms with Gasteiger partial charge in [0.25, 0.3) is 0 Å². The molecule has 1 aliphatic rings. The van der Waals surface area contributed by atoms with Gasteiger partial charge in [-0.3, -0.25) is 9.69 Å². The van der Waals surface area contributed by atoms with Crippen LogP contribution in [0.4, 0.5) is 0 Å². The predicted molar refractivity (Wildman–Crippen MR) is 83.5 cm³/mol. The summed E-state index contributed by atoms with van der Waals surface area (Å²) in [6.07, 6.45) is 1.81. The number of carbonyl (C=O) groups is 1. The number of morpholine rings is 1. The van der Waals surface area contributed by atoms with Crippen LogP contribution in [-0.2, 0) is 16.0 Å². The Morgan fingerprint density at radius 2 is 2.29 bits per heavy atom. The quantitative estimate of drug-likeness (QED) is 0.748. The van der Waals surface area contributed by atoms with Gasteiger partial charge in [0.05, 0.1) is 19.3 Å². The lowest BCUT2D eigenvalue weighted by Crippen LogP contribution is -2.44. The van der Waals surface area contributed by atoms with E-state index in [9.17, 15) is 9.90 Å². The van der Waals surface area contributed by atoms with Crippen LogP contribution in [0.3, 0.4) is 0 Å². The zero-order chi connectivity index (χ0) is 14.9. The van der Waals surface area contributed by atoms with Crippen LogP contribution in [0.1, 0.15) is 17.7 Å². The highest BCUT2D eigenvalue weighted by Crippen LogP contribution is 2.11. The van der Waals surface area contributed by atoms with Crippen molar-refractivity contribution in [1.29, 1.82) is 0 Å². The third-order valence-corrected chi connectivity index (χ3v) is 4.45. The van der Waals surface area contributed by atoms with Crippen LogP contribution in [0.2, 0.25) is 0 Å². The summed E-state index contributed by atoms with van der Waals surface area (Å²) in [7, 11) is 0. The highest BCUT2D eigenvalue weighted by Gasteiger charge is 2.15. The molecule has 0 saturated carbocycles. The highest BCUT2D eigenvalue weighted by atomic mass is 32.1. The fraction of sp³-hybridized carbons (Fsp3) is 0.667. The molecular formula is C15H24N2O3S. The van der Waals surface area contributed by atoms with E-state index in [1.807, 2.05) is 6.07 Å². The summed E-state index contributed by atoms with van der Waals surface area (Å²) in [5.74, 6) is 0.0209. The van der Waals surface area contributed by atoms with Gasteiger partial charge in [0.15, 0.2) is 0 Å². The Labute approximate surface area is 129 Å². The number of hydrogen-bond donors (Lipinski definition) is 2. The van der Waals surface area contributed by atoms with Crippen LogP contribution in [0.5, 0.6) is 0 Å². The van der Waals surface area contributed by atoms with Gasteiger partial charge in [-0.15, -0.1) is 11.3 Å². The van der Waals surface area contributed by atoms with Crippen molar-refractivity contribution in [2.24, 2.45) is 0 Å². The van der Waals surface area contributed by atoms with Crippen LogP contribution >= 0.6 is 11.3 Å². The minimum absolute atomic E-state index is 0.0209. The summed E-state index contributed by atoms with van der Waals surface area (Å²) in [6, 6.07) is 4.12. The molecule has 1 fully saturated rings. The number of aryl methyl sites for hydroxylation is 1. The lowest BCUT2D eigenvalue weighted by molar-refractivity contribution is -0.121. The molecule has 6 heteroatoms. The number of aliphatic hydroxyl groups excluding tert-OH is 1. The Bertz CT molecular complexity index is 405. The molecule has 2 heterocycles. The van der Waals surface area contributed by atoms with Crippen LogP contribution in [-0.4, -0.2) is 61.4 Å². The number of hydrogen-bond acceptors (Lipinski definition) is 5. The lowest BCUT2D eigenvalue weighted by atomic mass is 10.2. The number of ether oxygens (including phenoxy) is 1. The monoisotopic (exact) mass is 312 g/mol. The SMILES string of the molecule is O=C(CCCc1cccs1)NCC(O)CN1CCOCC1. The second-order valence-electron chi connectivity index (χ2n) is 5.30. The van der Waals surface area contributed by atoms with Crippen molar-refractivity contribution >= 4 is 17.2 Å². The number of carbonyl (C=O) groups excluding carboxylic acids is 1. The van der Waals surface area contributed by atoms with Gasteiger partial charge < -0.3 is 15.2 Å². The van der Waals surface area contributed by atoms with E-state index >= 15 is 0 Å². The summed E-state index contributed by atoms with van der Waals surface area (Å²) in [4.78, 5) is 15.2. The van der Waals surface area contributed by atoms with Crippen molar-refractivity contribution in [2.45, 2.75) is 25.4 Å². The largest absolute Gasteiger partial charge is 0.390 e. The Balaban J connectivity index is 1.53. The zero-order valence-electron chi connectivity index (χ0n) is 12.3. The maximum Gasteiger partial charge on any atom is 0.220 e. The topological polar surface area (TPSA) is 61.8 Å². The van der Waals surface area contributed by atoms with Gasteiger partial charge in [0, 0.05) is 37.5 Å². The molecule has 1 atom stereocenters. The van der Waals surface area contributed by atoms with Crippen molar-refractivity contribution in [1.82, 2.24) is 10.2 Å². The number of amides is 1. The summed E-state index contributed by atoms with van der Waals surface area (Å²) < 4.78 is 5.26. The van der Waals surface area contributed by atoms with E-state index < -0.39 is 6.10 Å². The number of β-amino-alcohol motifs (C(OH)–C–C–N with tert-alkyl or cyclic N) is 1. The van der Waals surface area contributed by atoms with E-state index in [0.29, 0.717) is 19.5 Å². The van der Waals surface area contributed by atoms with E-state index in [4.69, 9.17) is 4.74 Å². The highest BCUT2D eigenvalue weighted by molar-refractivity contribution is 7.09. The minimum Gasteiger partial charge on any atom is -0.390 e. The van der Waals surface area contributed by atoms with E-state index in [-0.39, 0.29) is 5.91 Å². The average molecular weight is 312 g/mol. The smallest absolute Gasteiger partial charge is 0.220 e. The number of nitrogens with one attached hydrogen (secondary N) is 1. The molecule has 5 nitrogen and oxygen atoms in total. The minimum atomic E-state index is -0.510. The van der Waals surface area contributed by atoms with Gasteiger partial charge in [-0.1, -0.05) is 6.07 Å². The maximum atomic E-state index is 11.7. The molecule has 0 spiro atoms. The van der Waals surface area contributed by atoms with Crippen molar-refractivity contribution in [3.63, 3.8) is 0 Å². The number of rotatable bonds is 8. The maximum absolute atomic E-state index is 11.7. The van der Waals surface area contributed by atoms with Crippen LogP contribution < -0.4 is 5.32 Å². The molecule has 2 rings (SSSR count). The summed E-state index contributed by atoms with van der Waals surface area (Å²) in [6.45, 7) is 4.08. The van der Waals surface area contributed by atoms with Crippen molar-refractivity contribution in [3.05, 3.63) is 22.4 Å². The first-order valence-corrected chi connectivity index (χ1v) is 8.39. The van der Waals surface area contributed by atoms with Gasteiger partial charge in [-0.05, 0) is 24.3 Å². The molecule has 0 bridgehead atoms. The molecule has 118 valence electrons. The van der Waals surface area contributed by atoms with Gasteiger partial charge in [0.2, 0.25) is 5.91 Å². The zero-order valence-corrected chi connectivity index (χ0v) is 13.1. The van der Waals surface area contributed by atoms with Crippen LogP contribution in [0, 0.1) is 0 Å². The molecule has 21 heavy (non-hydrogen) atoms. The number of thiophene rings is 1. The Hall–Kier alpha value is -0.950. The molecule has 0 radical (unpaired) electrons. The molecule has 1 unspecified atom stereocenters. The predicted octanol–water partition coefficient (Wildman–Crippen LogP) is 0.880. The molecular weight excluding hydrogens is 288 g/mol. The fourth-order valence-corrected chi connectivity index (χ4v) is 3.10. The van der Waals surface area contributed by atoms with Crippen LogP contribution in [0.15, 0.2) is 17.5 Å². The van der Waals surface area contributed by atoms with Gasteiger partial charge in [0.1, 0.15) is 0 Å². The van der Waals surface area contributed by atoms with E-state index in [1.165, 1.54) is 4.88 Å².